The number of carbonyl (C=O) groups excluding carboxylic acids is 1. The molecule has 0 radical (unpaired) electrons. The van der Waals surface area contributed by atoms with E-state index in [-0.39, 0.29) is 17.1 Å². The third-order valence-electron chi connectivity index (χ3n) is 2.82. The highest BCUT2D eigenvalue weighted by molar-refractivity contribution is 5.76. The lowest BCUT2D eigenvalue weighted by Crippen LogP contribution is -2.19. The first-order valence-electron chi connectivity index (χ1n) is 4.67. The highest BCUT2D eigenvalue weighted by atomic mass is 19.1. The number of primary amides is 1. The van der Waals surface area contributed by atoms with Gasteiger partial charge in [0, 0.05) is 11.8 Å². The molecule has 0 atom stereocenters. The number of halogens is 1. The second kappa shape index (κ2) is 3.08. The van der Waals surface area contributed by atoms with Crippen LogP contribution in [0.25, 0.3) is 0 Å². The van der Waals surface area contributed by atoms with E-state index < -0.39 is 0 Å². The number of rotatable bonds is 3. The van der Waals surface area contributed by atoms with Crippen molar-refractivity contribution >= 4 is 5.91 Å². The summed E-state index contributed by atoms with van der Waals surface area (Å²) in [5, 5.41) is 0. The zero-order chi connectivity index (χ0) is 10.2. The van der Waals surface area contributed by atoms with Gasteiger partial charge in [0.1, 0.15) is 5.82 Å². The summed E-state index contributed by atoms with van der Waals surface area (Å²) in [6.45, 7) is 0. The molecule has 74 valence electrons. The smallest absolute Gasteiger partial charge is 0.218 e. The van der Waals surface area contributed by atoms with Crippen LogP contribution in [0.2, 0.25) is 0 Å². The van der Waals surface area contributed by atoms with Crippen LogP contribution in [0.3, 0.4) is 0 Å². The maximum Gasteiger partial charge on any atom is 0.218 e. The molecule has 1 fully saturated rings. The molecule has 2 N–H and O–H groups in total. The Morgan fingerprint density at radius 2 is 1.93 bits per heavy atom. The van der Waals surface area contributed by atoms with Crippen molar-refractivity contribution in [3.8, 4) is 0 Å². The summed E-state index contributed by atoms with van der Waals surface area (Å²) in [5.74, 6) is -0.532. The van der Waals surface area contributed by atoms with Crippen molar-refractivity contribution in [1.29, 1.82) is 0 Å². The van der Waals surface area contributed by atoms with E-state index in [0.29, 0.717) is 6.42 Å². The number of amides is 1. The molecule has 0 spiro atoms. The average molecular weight is 193 g/mol. The van der Waals surface area contributed by atoms with Crippen molar-refractivity contribution in [1.82, 2.24) is 0 Å². The molecule has 0 aliphatic heterocycles. The molecule has 0 heterocycles. The van der Waals surface area contributed by atoms with Gasteiger partial charge in [-0.2, -0.15) is 0 Å². The molecule has 3 heteroatoms. The van der Waals surface area contributed by atoms with E-state index >= 15 is 0 Å². The summed E-state index contributed by atoms with van der Waals surface area (Å²) in [4.78, 5) is 10.8. The standard InChI is InChI=1S/C11H12FNO/c12-9-3-1-8(2-4-9)11(5-6-11)7-10(13)14/h1-4H,5-7H2,(H2,13,14). The predicted molar refractivity (Wildman–Crippen MR) is 51.1 cm³/mol. The van der Waals surface area contributed by atoms with Crippen LogP contribution in [-0.2, 0) is 10.2 Å². The predicted octanol–water partition coefficient (Wildman–Crippen LogP) is 1.73. The first-order chi connectivity index (χ1) is 6.62. The van der Waals surface area contributed by atoms with E-state index in [1.807, 2.05) is 0 Å². The van der Waals surface area contributed by atoms with Gasteiger partial charge in [0.2, 0.25) is 5.91 Å². The van der Waals surface area contributed by atoms with E-state index in [4.69, 9.17) is 5.73 Å². The summed E-state index contributed by atoms with van der Waals surface area (Å²) < 4.78 is 12.7. The van der Waals surface area contributed by atoms with Gasteiger partial charge in [-0.3, -0.25) is 4.79 Å². The molecule has 0 bridgehead atoms. The molecule has 1 amide bonds. The van der Waals surface area contributed by atoms with Gasteiger partial charge in [-0.25, -0.2) is 4.39 Å². The van der Waals surface area contributed by atoms with Gasteiger partial charge in [0.05, 0.1) is 0 Å². The fourth-order valence-corrected chi connectivity index (χ4v) is 1.86. The third-order valence-corrected chi connectivity index (χ3v) is 2.82. The fourth-order valence-electron chi connectivity index (χ4n) is 1.86. The van der Waals surface area contributed by atoms with Crippen molar-refractivity contribution in [2.24, 2.45) is 5.73 Å². The molecule has 1 aliphatic carbocycles. The molecule has 1 aromatic carbocycles. The second-order valence-corrected chi connectivity index (χ2v) is 3.93. The lowest BCUT2D eigenvalue weighted by molar-refractivity contribution is -0.118. The number of hydrogen-bond donors (Lipinski definition) is 1. The Morgan fingerprint density at radius 1 is 1.36 bits per heavy atom. The number of hydrogen-bond acceptors (Lipinski definition) is 1. The first-order valence-corrected chi connectivity index (χ1v) is 4.67. The second-order valence-electron chi connectivity index (χ2n) is 3.93. The lowest BCUT2D eigenvalue weighted by atomic mass is 9.92. The topological polar surface area (TPSA) is 43.1 Å². The van der Waals surface area contributed by atoms with Crippen LogP contribution < -0.4 is 5.73 Å². The van der Waals surface area contributed by atoms with Gasteiger partial charge in [-0.1, -0.05) is 12.1 Å². The molecule has 0 saturated heterocycles. The third kappa shape index (κ3) is 1.62. The molecule has 1 aromatic rings. The van der Waals surface area contributed by atoms with Gasteiger partial charge in [-0.15, -0.1) is 0 Å². The molecule has 0 unspecified atom stereocenters. The maximum absolute atomic E-state index is 12.7. The summed E-state index contributed by atoms with van der Waals surface area (Å²) in [5.41, 5.74) is 6.11. The van der Waals surface area contributed by atoms with E-state index in [2.05, 4.69) is 0 Å². The van der Waals surface area contributed by atoms with Gasteiger partial charge in [0.15, 0.2) is 0 Å². The minimum Gasteiger partial charge on any atom is -0.370 e. The Balaban J connectivity index is 2.22. The normalized spacial score (nSPS) is 17.8. The van der Waals surface area contributed by atoms with E-state index in [1.54, 1.807) is 12.1 Å². The molecule has 2 rings (SSSR count). The highest BCUT2D eigenvalue weighted by Gasteiger charge is 2.45. The largest absolute Gasteiger partial charge is 0.370 e. The van der Waals surface area contributed by atoms with Crippen LogP contribution in [-0.4, -0.2) is 5.91 Å². The van der Waals surface area contributed by atoms with Crippen LogP contribution >= 0.6 is 0 Å². The van der Waals surface area contributed by atoms with Crippen LogP contribution in [0.4, 0.5) is 4.39 Å². The number of nitrogens with two attached hydrogens (primary N) is 1. The number of benzene rings is 1. The fraction of sp³-hybridized carbons (Fsp3) is 0.364. The van der Waals surface area contributed by atoms with Crippen LogP contribution in [0.5, 0.6) is 0 Å². The zero-order valence-electron chi connectivity index (χ0n) is 7.79. The quantitative estimate of drug-likeness (QED) is 0.780. The SMILES string of the molecule is NC(=O)CC1(c2ccc(F)cc2)CC1. The Labute approximate surface area is 81.9 Å². The Kier molecular flexibility index (Phi) is 2.02. The van der Waals surface area contributed by atoms with Crippen molar-refractivity contribution < 1.29 is 9.18 Å². The van der Waals surface area contributed by atoms with Crippen LogP contribution in [0, 0.1) is 5.82 Å². The molecule has 14 heavy (non-hydrogen) atoms. The van der Waals surface area contributed by atoms with Crippen molar-refractivity contribution in [3.63, 3.8) is 0 Å². The molecule has 1 aliphatic rings. The van der Waals surface area contributed by atoms with Crippen LogP contribution in [0.1, 0.15) is 24.8 Å². The van der Waals surface area contributed by atoms with Gasteiger partial charge < -0.3 is 5.73 Å². The summed E-state index contributed by atoms with van der Waals surface area (Å²) in [7, 11) is 0. The first kappa shape index (κ1) is 9.19. The lowest BCUT2D eigenvalue weighted by Gasteiger charge is -2.12. The minimum absolute atomic E-state index is 0.0838. The summed E-state index contributed by atoms with van der Waals surface area (Å²) in [6.07, 6.45) is 2.32. The van der Waals surface area contributed by atoms with E-state index in [9.17, 15) is 9.18 Å². The van der Waals surface area contributed by atoms with E-state index in [1.165, 1.54) is 12.1 Å². The van der Waals surface area contributed by atoms with Gasteiger partial charge in [0.25, 0.3) is 0 Å². The Hall–Kier alpha value is -1.38. The Morgan fingerprint density at radius 3 is 2.36 bits per heavy atom. The van der Waals surface area contributed by atoms with Crippen molar-refractivity contribution in [3.05, 3.63) is 35.6 Å². The monoisotopic (exact) mass is 193 g/mol. The summed E-state index contributed by atoms with van der Waals surface area (Å²) in [6, 6.07) is 6.34. The van der Waals surface area contributed by atoms with Crippen LogP contribution in [0.15, 0.2) is 24.3 Å². The molecular weight excluding hydrogens is 181 g/mol. The van der Waals surface area contributed by atoms with Gasteiger partial charge >= 0.3 is 0 Å². The van der Waals surface area contributed by atoms with Gasteiger partial charge in [-0.05, 0) is 30.5 Å². The maximum atomic E-state index is 12.7. The van der Waals surface area contributed by atoms with Crippen molar-refractivity contribution in [2.75, 3.05) is 0 Å². The molecule has 0 aromatic heterocycles. The minimum atomic E-state index is -0.285. The molecule has 2 nitrogen and oxygen atoms in total. The van der Waals surface area contributed by atoms with Crippen molar-refractivity contribution in [2.45, 2.75) is 24.7 Å². The average Bonchev–Trinajstić information content (AvgIpc) is 2.85. The summed E-state index contributed by atoms with van der Waals surface area (Å²) >= 11 is 0. The highest BCUT2D eigenvalue weighted by Crippen LogP contribution is 2.50. The zero-order valence-corrected chi connectivity index (χ0v) is 7.79. The number of carbonyl (C=O) groups is 1. The van der Waals surface area contributed by atoms with E-state index in [0.717, 1.165) is 18.4 Å². The molecule has 1 saturated carbocycles. The Bertz CT molecular complexity index is 354. The molecular formula is C11H12FNO.